The van der Waals surface area contributed by atoms with Crippen LogP contribution in [0.25, 0.3) is 11.5 Å². The van der Waals surface area contributed by atoms with Crippen LogP contribution in [0.2, 0.25) is 5.02 Å². The molecule has 1 unspecified atom stereocenters. The molecule has 0 aliphatic carbocycles. The lowest BCUT2D eigenvalue weighted by atomic mass is 10.0. The number of hydrogen-bond acceptors (Lipinski definition) is 6. The highest BCUT2D eigenvalue weighted by Crippen LogP contribution is 2.26. The molecule has 1 atom stereocenters. The largest absolute Gasteiger partial charge is 0.403 e. The second kappa shape index (κ2) is 5.05. The third kappa shape index (κ3) is 2.77. The first-order chi connectivity index (χ1) is 9.53. The van der Waals surface area contributed by atoms with Crippen molar-refractivity contribution in [1.29, 1.82) is 0 Å². The van der Waals surface area contributed by atoms with Crippen molar-refractivity contribution in [2.24, 2.45) is 5.73 Å². The van der Waals surface area contributed by atoms with E-state index in [1.807, 2.05) is 12.1 Å². The van der Waals surface area contributed by atoms with Crippen LogP contribution in [0, 0.1) is 0 Å². The van der Waals surface area contributed by atoms with Crippen molar-refractivity contribution in [3.8, 4) is 11.5 Å². The van der Waals surface area contributed by atoms with Crippen LogP contribution in [0.5, 0.6) is 0 Å². The van der Waals surface area contributed by atoms with Crippen LogP contribution in [-0.2, 0) is 0 Å². The number of piperidine rings is 1. The molecule has 1 aromatic carbocycles. The summed E-state index contributed by atoms with van der Waals surface area (Å²) in [5, 5.41) is 18.6. The third-order valence-corrected chi connectivity index (χ3v) is 3.53. The lowest BCUT2D eigenvalue weighted by Gasteiger charge is -2.35. The van der Waals surface area contributed by atoms with Crippen molar-refractivity contribution in [2.45, 2.75) is 18.6 Å². The fourth-order valence-electron chi connectivity index (χ4n) is 2.28. The fraction of sp³-hybridized carbons (Fsp3) is 0.385. The summed E-state index contributed by atoms with van der Waals surface area (Å²) in [5.74, 6) is 0.419. The number of halogens is 1. The molecule has 3 N–H and O–H groups in total. The molecule has 0 spiro atoms. The average Bonchev–Trinajstić information content (AvgIpc) is 2.88. The Morgan fingerprint density at radius 3 is 2.75 bits per heavy atom. The van der Waals surface area contributed by atoms with Crippen molar-refractivity contribution < 1.29 is 9.52 Å². The van der Waals surface area contributed by atoms with Crippen molar-refractivity contribution in [2.75, 3.05) is 18.0 Å². The van der Waals surface area contributed by atoms with Gasteiger partial charge in [-0.25, -0.2) is 0 Å². The minimum absolute atomic E-state index is 0.287. The maximum absolute atomic E-state index is 9.89. The highest BCUT2D eigenvalue weighted by molar-refractivity contribution is 6.30. The number of rotatable bonds is 2. The van der Waals surface area contributed by atoms with Gasteiger partial charge in [0.25, 0.3) is 0 Å². The zero-order valence-corrected chi connectivity index (χ0v) is 11.5. The summed E-state index contributed by atoms with van der Waals surface area (Å²) in [4.78, 5) is 1.80. The van der Waals surface area contributed by atoms with Crippen LogP contribution >= 0.6 is 11.6 Å². The van der Waals surface area contributed by atoms with Crippen LogP contribution in [0.1, 0.15) is 12.8 Å². The van der Waals surface area contributed by atoms with Crippen molar-refractivity contribution >= 4 is 17.6 Å². The van der Waals surface area contributed by atoms with Gasteiger partial charge in [-0.1, -0.05) is 16.7 Å². The highest BCUT2D eigenvalue weighted by atomic mass is 35.5. The minimum atomic E-state index is -1.20. The van der Waals surface area contributed by atoms with Gasteiger partial charge in [0.15, 0.2) is 0 Å². The third-order valence-electron chi connectivity index (χ3n) is 3.28. The van der Waals surface area contributed by atoms with Gasteiger partial charge >= 0.3 is 6.01 Å². The summed E-state index contributed by atoms with van der Waals surface area (Å²) < 4.78 is 5.64. The molecule has 1 aliphatic rings. The molecule has 6 nitrogen and oxygen atoms in total. The van der Waals surface area contributed by atoms with E-state index >= 15 is 0 Å². The first kappa shape index (κ1) is 13.4. The number of aliphatic hydroxyl groups is 1. The maximum atomic E-state index is 9.89. The monoisotopic (exact) mass is 294 g/mol. The minimum Gasteiger partial charge on any atom is -0.403 e. The second-order valence-corrected chi connectivity index (χ2v) is 5.46. The fourth-order valence-corrected chi connectivity index (χ4v) is 2.41. The Bertz CT molecular complexity index is 597. The van der Waals surface area contributed by atoms with E-state index < -0.39 is 5.72 Å². The molecule has 1 fully saturated rings. The molecule has 0 amide bonds. The molecule has 1 aromatic heterocycles. The summed E-state index contributed by atoms with van der Waals surface area (Å²) in [6.07, 6.45) is 1.35. The first-order valence-electron chi connectivity index (χ1n) is 6.39. The van der Waals surface area contributed by atoms with Crippen molar-refractivity contribution in [1.82, 2.24) is 10.2 Å². The summed E-state index contributed by atoms with van der Waals surface area (Å²) in [5.41, 5.74) is 5.35. The Kier molecular flexibility index (Phi) is 3.37. The topological polar surface area (TPSA) is 88.4 Å². The zero-order chi connectivity index (χ0) is 14.2. The molecule has 0 bridgehead atoms. The average molecular weight is 295 g/mol. The van der Waals surface area contributed by atoms with Crippen molar-refractivity contribution in [3.05, 3.63) is 29.3 Å². The van der Waals surface area contributed by atoms with Crippen LogP contribution < -0.4 is 10.6 Å². The second-order valence-electron chi connectivity index (χ2n) is 5.03. The lowest BCUT2D eigenvalue weighted by molar-refractivity contribution is 0.0311. The van der Waals surface area contributed by atoms with Gasteiger partial charge in [0.1, 0.15) is 5.72 Å². The predicted octanol–water partition coefficient (Wildman–Crippen LogP) is 1.64. The molecule has 2 aromatic rings. The van der Waals surface area contributed by atoms with Gasteiger partial charge in [-0.15, -0.1) is 5.10 Å². The Hall–Kier alpha value is -1.63. The molecular weight excluding hydrogens is 280 g/mol. The Morgan fingerprint density at radius 2 is 2.05 bits per heavy atom. The van der Waals surface area contributed by atoms with Crippen molar-refractivity contribution in [3.63, 3.8) is 0 Å². The number of hydrogen-bond donors (Lipinski definition) is 2. The number of nitrogens with two attached hydrogens (primary N) is 1. The van der Waals surface area contributed by atoms with Crippen LogP contribution in [-0.4, -0.2) is 34.1 Å². The van der Waals surface area contributed by atoms with Crippen LogP contribution in [0.4, 0.5) is 6.01 Å². The van der Waals surface area contributed by atoms with Gasteiger partial charge in [-0.3, -0.25) is 0 Å². The van der Waals surface area contributed by atoms with Gasteiger partial charge in [0.2, 0.25) is 5.89 Å². The number of anilines is 1. The Morgan fingerprint density at radius 1 is 1.30 bits per heavy atom. The molecule has 1 aliphatic heterocycles. The smallest absolute Gasteiger partial charge is 0.318 e. The van der Waals surface area contributed by atoms with Crippen LogP contribution in [0.15, 0.2) is 28.7 Å². The molecule has 20 heavy (non-hydrogen) atoms. The van der Waals surface area contributed by atoms with E-state index in [0.717, 1.165) is 18.5 Å². The molecule has 0 radical (unpaired) electrons. The van der Waals surface area contributed by atoms with E-state index in [-0.39, 0.29) is 6.54 Å². The van der Waals surface area contributed by atoms with E-state index in [1.165, 1.54) is 0 Å². The summed E-state index contributed by atoms with van der Waals surface area (Å²) >= 11 is 5.84. The number of aromatic nitrogens is 2. The number of nitrogens with zero attached hydrogens (tertiary/aromatic N) is 3. The maximum Gasteiger partial charge on any atom is 0.318 e. The predicted molar refractivity (Wildman–Crippen MR) is 75.3 cm³/mol. The molecular formula is C13H15ClN4O2. The number of β-amino-alcohol motifs (C(OH)–C–C–N with tert-alkyl or cyclic N) is 1. The van der Waals surface area contributed by atoms with Gasteiger partial charge in [-0.05, 0) is 37.1 Å². The molecule has 106 valence electrons. The Labute approximate surface area is 121 Å². The SMILES string of the molecule is NC1(O)CCCN(c2nnc(-c3ccc(Cl)cc3)o2)C1. The van der Waals surface area contributed by atoms with Crippen LogP contribution in [0.3, 0.4) is 0 Å². The lowest BCUT2D eigenvalue weighted by Crippen LogP contribution is -2.54. The van der Waals surface area contributed by atoms with Gasteiger partial charge < -0.3 is 20.2 Å². The molecule has 3 rings (SSSR count). The first-order valence-corrected chi connectivity index (χ1v) is 6.77. The van der Waals surface area contributed by atoms with E-state index in [9.17, 15) is 5.11 Å². The molecule has 1 saturated heterocycles. The quantitative estimate of drug-likeness (QED) is 0.819. The van der Waals surface area contributed by atoms with Gasteiger partial charge in [-0.2, -0.15) is 0 Å². The summed E-state index contributed by atoms with van der Waals surface area (Å²) in [6.45, 7) is 1.02. The van der Waals surface area contributed by atoms with E-state index in [0.29, 0.717) is 23.3 Å². The Balaban J connectivity index is 1.81. The molecule has 2 heterocycles. The normalized spacial score (nSPS) is 23.1. The highest BCUT2D eigenvalue weighted by Gasteiger charge is 2.31. The molecule has 0 saturated carbocycles. The van der Waals surface area contributed by atoms with E-state index in [1.54, 1.807) is 17.0 Å². The van der Waals surface area contributed by atoms with Gasteiger partial charge in [0.05, 0.1) is 6.54 Å². The standard InChI is InChI=1S/C13H15ClN4O2/c14-10-4-2-9(3-5-10)11-16-17-12(20-11)18-7-1-6-13(15,19)8-18/h2-5,19H,1,6-8,15H2. The van der Waals surface area contributed by atoms with E-state index in [4.69, 9.17) is 21.8 Å². The van der Waals surface area contributed by atoms with Gasteiger partial charge in [0, 0.05) is 17.1 Å². The summed E-state index contributed by atoms with van der Waals surface area (Å²) in [7, 11) is 0. The molecule has 7 heteroatoms. The zero-order valence-electron chi connectivity index (χ0n) is 10.8. The number of benzene rings is 1. The van der Waals surface area contributed by atoms with E-state index in [2.05, 4.69) is 10.2 Å². The summed E-state index contributed by atoms with van der Waals surface area (Å²) in [6, 6.07) is 7.53.